The van der Waals surface area contributed by atoms with Crippen LogP contribution in [0.25, 0.3) is 0 Å². The van der Waals surface area contributed by atoms with Crippen LogP contribution in [0.4, 0.5) is 5.69 Å². The molecule has 0 aliphatic carbocycles. The summed E-state index contributed by atoms with van der Waals surface area (Å²) < 4.78 is 11.4. The normalized spacial score (nSPS) is 10.5. The number of nitrogens with one attached hydrogen (secondary N) is 1. The Balaban J connectivity index is 2.07. The molecule has 22 heavy (non-hydrogen) atoms. The van der Waals surface area contributed by atoms with Crippen LogP contribution >= 0.6 is 0 Å². The smallest absolute Gasteiger partial charge is 0.161 e. The first-order chi connectivity index (χ1) is 10.6. The topological polar surface area (TPSA) is 50.7 Å². The van der Waals surface area contributed by atoms with Gasteiger partial charge in [0.05, 0.1) is 12.7 Å². The summed E-state index contributed by atoms with van der Waals surface area (Å²) in [5.74, 6) is 1.80. The zero-order chi connectivity index (χ0) is 15.9. The molecule has 0 atom stereocenters. The number of hydrogen-bond donors (Lipinski definition) is 2. The lowest BCUT2D eigenvalue weighted by atomic mass is 10.2. The van der Waals surface area contributed by atoms with Crippen LogP contribution in [-0.4, -0.2) is 17.8 Å². The number of benzene rings is 2. The maximum atomic E-state index is 9.28. The molecular weight excluding hydrogens is 278 g/mol. The second-order valence-electron chi connectivity index (χ2n) is 5.28. The van der Waals surface area contributed by atoms with Gasteiger partial charge in [-0.3, -0.25) is 0 Å². The molecule has 2 N–H and O–H groups in total. The number of phenolic OH excluding ortho intramolecular Hbond substituents is 1. The van der Waals surface area contributed by atoms with Crippen molar-refractivity contribution in [3.8, 4) is 17.2 Å². The Morgan fingerprint density at radius 1 is 1.05 bits per heavy atom. The van der Waals surface area contributed by atoms with Crippen molar-refractivity contribution in [1.29, 1.82) is 0 Å². The van der Waals surface area contributed by atoms with Gasteiger partial charge in [0.25, 0.3) is 0 Å². The number of anilines is 1. The monoisotopic (exact) mass is 301 g/mol. The summed E-state index contributed by atoms with van der Waals surface area (Å²) in [4.78, 5) is 0. The molecule has 118 valence electrons. The Morgan fingerprint density at radius 2 is 1.77 bits per heavy atom. The molecule has 0 heterocycles. The zero-order valence-electron chi connectivity index (χ0n) is 13.3. The molecule has 0 radical (unpaired) electrons. The van der Waals surface area contributed by atoms with Gasteiger partial charge < -0.3 is 19.9 Å². The van der Waals surface area contributed by atoms with Crippen molar-refractivity contribution in [2.45, 2.75) is 33.4 Å². The van der Waals surface area contributed by atoms with E-state index in [1.54, 1.807) is 12.1 Å². The summed E-state index contributed by atoms with van der Waals surface area (Å²) in [5, 5.41) is 12.6. The molecular formula is C18H23NO3. The van der Waals surface area contributed by atoms with E-state index in [4.69, 9.17) is 9.47 Å². The highest BCUT2D eigenvalue weighted by Gasteiger charge is 2.08. The van der Waals surface area contributed by atoms with Gasteiger partial charge in [0.2, 0.25) is 0 Å². The Morgan fingerprint density at radius 3 is 2.41 bits per heavy atom. The highest BCUT2D eigenvalue weighted by molar-refractivity contribution is 5.48. The van der Waals surface area contributed by atoms with Crippen molar-refractivity contribution in [3.05, 3.63) is 48.0 Å². The van der Waals surface area contributed by atoms with Crippen LogP contribution in [0.15, 0.2) is 42.5 Å². The molecule has 0 amide bonds. The van der Waals surface area contributed by atoms with Crippen LogP contribution in [0, 0.1) is 0 Å². The minimum absolute atomic E-state index is 0.111. The van der Waals surface area contributed by atoms with Gasteiger partial charge >= 0.3 is 0 Å². The molecule has 0 aliphatic rings. The van der Waals surface area contributed by atoms with Crippen molar-refractivity contribution < 1.29 is 14.6 Å². The number of rotatable bonds is 7. The Kier molecular flexibility index (Phi) is 5.53. The van der Waals surface area contributed by atoms with E-state index in [1.165, 1.54) is 0 Å². The molecule has 0 unspecified atom stereocenters. The van der Waals surface area contributed by atoms with Gasteiger partial charge in [0.15, 0.2) is 11.5 Å². The minimum atomic E-state index is 0.111. The summed E-state index contributed by atoms with van der Waals surface area (Å²) in [7, 11) is 0. The predicted octanol–water partition coefficient (Wildman–Crippen LogP) is 4.19. The first-order valence-corrected chi connectivity index (χ1v) is 7.53. The van der Waals surface area contributed by atoms with Crippen LogP contribution in [-0.2, 0) is 6.54 Å². The van der Waals surface area contributed by atoms with Crippen molar-refractivity contribution in [2.24, 2.45) is 0 Å². The fraction of sp³-hybridized carbons (Fsp3) is 0.333. The van der Waals surface area contributed by atoms with Crippen LogP contribution < -0.4 is 14.8 Å². The van der Waals surface area contributed by atoms with Gasteiger partial charge in [-0.15, -0.1) is 0 Å². The van der Waals surface area contributed by atoms with Crippen LogP contribution in [0.5, 0.6) is 17.2 Å². The van der Waals surface area contributed by atoms with E-state index in [-0.39, 0.29) is 11.9 Å². The van der Waals surface area contributed by atoms with Crippen LogP contribution in [0.1, 0.15) is 26.3 Å². The fourth-order valence-corrected chi connectivity index (χ4v) is 2.07. The molecule has 2 rings (SSSR count). The summed E-state index contributed by atoms with van der Waals surface area (Å²) in [6.07, 6.45) is 0.111. The number of aromatic hydroxyl groups is 1. The van der Waals surface area contributed by atoms with E-state index in [1.807, 2.05) is 51.1 Å². The summed E-state index contributed by atoms with van der Waals surface area (Å²) >= 11 is 0. The van der Waals surface area contributed by atoms with Gasteiger partial charge in [-0.25, -0.2) is 0 Å². The van der Waals surface area contributed by atoms with E-state index in [9.17, 15) is 5.11 Å². The lowest BCUT2D eigenvalue weighted by Gasteiger charge is -2.16. The average Bonchev–Trinajstić information content (AvgIpc) is 2.49. The standard InChI is InChI=1S/C18H23NO3/c1-4-21-18-11-14(5-10-17(18)22-13(2)3)12-19-15-6-8-16(20)9-7-15/h5-11,13,19-20H,4,12H2,1-3H3. The molecule has 0 saturated carbocycles. The van der Waals surface area contributed by atoms with Gasteiger partial charge in [-0.2, -0.15) is 0 Å². The summed E-state index contributed by atoms with van der Waals surface area (Å²) in [6.45, 7) is 7.22. The quantitative estimate of drug-likeness (QED) is 0.753. The Labute approximate surface area is 131 Å². The molecule has 0 spiro atoms. The molecule has 0 aliphatic heterocycles. The van der Waals surface area contributed by atoms with Crippen molar-refractivity contribution in [1.82, 2.24) is 0 Å². The number of hydrogen-bond acceptors (Lipinski definition) is 4. The van der Waals surface area contributed by atoms with E-state index >= 15 is 0 Å². The lowest BCUT2D eigenvalue weighted by Crippen LogP contribution is -2.08. The van der Waals surface area contributed by atoms with Crippen LogP contribution in [0.3, 0.4) is 0 Å². The van der Waals surface area contributed by atoms with E-state index < -0.39 is 0 Å². The molecule has 0 aromatic heterocycles. The van der Waals surface area contributed by atoms with E-state index in [0.29, 0.717) is 13.2 Å². The second-order valence-corrected chi connectivity index (χ2v) is 5.28. The highest BCUT2D eigenvalue weighted by Crippen LogP contribution is 2.29. The predicted molar refractivity (Wildman–Crippen MR) is 88.8 cm³/mol. The number of phenols is 1. The second kappa shape index (κ2) is 7.59. The lowest BCUT2D eigenvalue weighted by molar-refractivity contribution is 0.223. The Bertz CT molecular complexity index is 594. The van der Waals surface area contributed by atoms with E-state index in [0.717, 1.165) is 22.7 Å². The SMILES string of the molecule is CCOc1cc(CNc2ccc(O)cc2)ccc1OC(C)C. The van der Waals surface area contributed by atoms with Crippen molar-refractivity contribution in [3.63, 3.8) is 0 Å². The maximum absolute atomic E-state index is 9.28. The van der Waals surface area contributed by atoms with Crippen LogP contribution in [0.2, 0.25) is 0 Å². The van der Waals surface area contributed by atoms with Crippen molar-refractivity contribution >= 4 is 5.69 Å². The highest BCUT2D eigenvalue weighted by atomic mass is 16.5. The third kappa shape index (κ3) is 4.58. The van der Waals surface area contributed by atoms with Gasteiger partial charge in [0, 0.05) is 12.2 Å². The summed E-state index contributed by atoms with van der Waals surface area (Å²) in [5.41, 5.74) is 2.06. The van der Waals surface area contributed by atoms with Crippen molar-refractivity contribution in [2.75, 3.05) is 11.9 Å². The fourth-order valence-electron chi connectivity index (χ4n) is 2.07. The first-order valence-electron chi connectivity index (χ1n) is 7.53. The third-order valence-electron chi connectivity index (χ3n) is 3.03. The molecule has 4 nitrogen and oxygen atoms in total. The molecule has 0 saturated heterocycles. The third-order valence-corrected chi connectivity index (χ3v) is 3.03. The Hall–Kier alpha value is -2.36. The molecule has 4 heteroatoms. The first kappa shape index (κ1) is 16.0. The molecule has 2 aromatic rings. The average molecular weight is 301 g/mol. The molecule has 2 aromatic carbocycles. The minimum Gasteiger partial charge on any atom is -0.508 e. The molecule has 0 fully saturated rings. The zero-order valence-corrected chi connectivity index (χ0v) is 13.3. The van der Waals surface area contributed by atoms with E-state index in [2.05, 4.69) is 5.32 Å². The molecule has 0 bridgehead atoms. The number of ether oxygens (including phenoxy) is 2. The van der Waals surface area contributed by atoms with Gasteiger partial charge in [-0.05, 0) is 62.7 Å². The van der Waals surface area contributed by atoms with Gasteiger partial charge in [-0.1, -0.05) is 6.07 Å². The van der Waals surface area contributed by atoms with Gasteiger partial charge in [0.1, 0.15) is 5.75 Å². The largest absolute Gasteiger partial charge is 0.508 e. The maximum Gasteiger partial charge on any atom is 0.161 e. The summed E-state index contributed by atoms with van der Waals surface area (Å²) in [6, 6.07) is 13.0.